The number of benzene rings is 2. The van der Waals surface area contributed by atoms with E-state index in [9.17, 15) is 67.3 Å². The summed E-state index contributed by atoms with van der Waals surface area (Å²) in [7, 11) is -34.7. The Bertz CT molecular complexity index is 3170. The first-order valence-corrected chi connectivity index (χ1v) is 37.1. The van der Waals surface area contributed by atoms with Gasteiger partial charge in [0, 0.05) is 0 Å². The highest BCUT2D eigenvalue weighted by atomic mass is 32.2. The summed E-state index contributed by atoms with van der Waals surface area (Å²) in [6.07, 6.45) is 7.02. The second-order valence-electron chi connectivity index (χ2n) is 18.2. The van der Waals surface area contributed by atoms with Gasteiger partial charge in [0.1, 0.15) is 0 Å². The van der Waals surface area contributed by atoms with Crippen LogP contribution in [0.2, 0.25) is 0 Å². The van der Waals surface area contributed by atoms with Gasteiger partial charge >= 0.3 is 0 Å². The highest BCUT2D eigenvalue weighted by Gasteiger charge is 2.41. The lowest BCUT2D eigenvalue weighted by atomic mass is 10.0. The van der Waals surface area contributed by atoms with Crippen LogP contribution in [0.1, 0.15) is 128 Å². The number of sulfonamides is 4. The van der Waals surface area contributed by atoms with E-state index in [0.717, 1.165) is 25.7 Å². The van der Waals surface area contributed by atoms with Crippen molar-refractivity contribution in [3.63, 3.8) is 0 Å². The number of nitrogens with zero attached hydrogens (tertiary/aromatic N) is 8. The lowest BCUT2D eigenvalue weighted by Gasteiger charge is -2.26. The molecule has 74 heavy (non-hydrogen) atoms. The molecule has 0 spiro atoms. The molecular formula is C42H66N8O16S8. The Balaban J connectivity index is 1.49. The Morgan fingerprint density at radius 3 is 1.11 bits per heavy atom. The molecule has 2 aliphatic carbocycles. The third-order valence-electron chi connectivity index (χ3n) is 12.4. The van der Waals surface area contributed by atoms with Crippen LogP contribution in [0.5, 0.6) is 0 Å². The summed E-state index contributed by atoms with van der Waals surface area (Å²) in [4.78, 5) is -0.578. The van der Waals surface area contributed by atoms with Crippen LogP contribution < -0.4 is 0 Å². The molecule has 4 rings (SSSR count). The van der Waals surface area contributed by atoms with Gasteiger partial charge in [0.05, 0.1) is 42.3 Å². The summed E-state index contributed by atoms with van der Waals surface area (Å²) in [5.41, 5.74) is 0. The summed E-state index contributed by atoms with van der Waals surface area (Å²) < 4.78 is 223. The van der Waals surface area contributed by atoms with Crippen LogP contribution in [0.25, 0.3) is 0 Å². The van der Waals surface area contributed by atoms with E-state index in [1.165, 1.54) is 54.6 Å². The average molecular weight is 1200 g/mol. The lowest BCUT2D eigenvalue weighted by molar-refractivity contribution is 0.483. The quantitative estimate of drug-likeness (QED) is 0.0511. The monoisotopic (exact) mass is 1190 g/mol. The van der Waals surface area contributed by atoms with Crippen molar-refractivity contribution in [3.05, 3.63) is 60.7 Å². The topological polar surface area (TPSA) is 372 Å². The van der Waals surface area contributed by atoms with Crippen LogP contribution in [0, 0.1) is 0 Å². The first kappa shape index (κ1) is 63.0. The predicted molar refractivity (Wildman–Crippen MR) is 277 cm³/mol. The highest BCUT2D eigenvalue weighted by Crippen LogP contribution is 2.29. The van der Waals surface area contributed by atoms with Crippen molar-refractivity contribution in [2.24, 2.45) is 38.5 Å². The first-order valence-electron chi connectivity index (χ1n) is 24.1. The number of hydrogen-bond acceptors (Lipinski definition) is 20. The molecule has 2 fully saturated rings. The van der Waals surface area contributed by atoms with Crippen molar-refractivity contribution in [2.45, 2.75) is 159 Å². The summed E-state index contributed by atoms with van der Waals surface area (Å²) >= 11 is 0. The van der Waals surface area contributed by atoms with Gasteiger partial charge in [0.25, 0.3) is 40.1 Å². The van der Waals surface area contributed by atoms with Crippen molar-refractivity contribution in [2.75, 3.05) is 35.0 Å². The fraction of sp³-hybridized carbons (Fsp3) is 0.714. The van der Waals surface area contributed by atoms with Crippen molar-refractivity contribution in [1.29, 1.82) is 0 Å². The van der Waals surface area contributed by atoms with Gasteiger partial charge in [-0.05, 0) is 75.6 Å². The summed E-state index contributed by atoms with van der Waals surface area (Å²) in [5.74, 6) is -5.61. The van der Waals surface area contributed by atoms with Crippen LogP contribution >= 0.6 is 0 Å². The fourth-order valence-electron chi connectivity index (χ4n) is 8.45. The molecule has 0 saturated heterocycles. The maximum Gasteiger partial charge on any atom is 0.299 e. The molecule has 0 aliphatic heterocycles. The van der Waals surface area contributed by atoms with Crippen LogP contribution in [0.3, 0.4) is 0 Å². The van der Waals surface area contributed by atoms with E-state index < -0.39 is 143 Å². The molecule has 0 bridgehead atoms. The number of sulfone groups is 4. The van der Waals surface area contributed by atoms with Gasteiger partial charge in [0.2, 0.25) is 0 Å². The molecule has 32 heteroatoms. The van der Waals surface area contributed by atoms with Crippen molar-refractivity contribution in [1.82, 2.24) is 0 Å². The molecule has 2 unspecified atom stereocenters. The van der Waals surface area contributed by atoms with Gasteiger partial charge in [-0.3, -0.25) is 0 Å². The van der Waals surface area contributed by atoms with E-state index in [0.29, 0.717) is 70.6 Å². The molecule has 2 saturated carbocycles. The van der Waals surface area contributed by atoms with Crippen LogP contribution in [-0.2, 0) is 79.4 Å². The van der Waals surface area contributed by atoms with E-state index in [2.05, 4.69) is 38.5 Å². The van der Waals surface area contributed by atoms with Gasteiger partial charge in [-0.1, -0.05) is 132 Å². The summed E-state index contributed by atoms with van der Waals surface area (Å²) in [5, 5.41) is 8.35. The molecule has 0 heterocycles. The van der Waals surface area contributed by atoms with E-state index in [1.54, 1.807) is 6.07 Å². The molecule has 0 N–H and O–H groups in total. The van der Waals surface area contributed by atoms with Gasteiger partial charge < -0.3 is 0 Å². The van der Waals surface area contributed by atoms with Gasteiger partial charge in [-0.25, -0.2) is 50.5 Å². The minimum atomic E-state index is -4.86. The lowest BCUT2D eigenvalue weighted by Crippen LogP contribution is -2.42. The predicted octanol–water partition coefficient (Wildman–Crippen LogP) is 7.03. The molecule has 2 aliphatic rings. The standard InChI is InChI=1S/C42H66N8O16S8/c51-67(52,33-43-47-71(59,60)37-21-10-6-11-22-37)31-19-5-3-1-2-4-18-29-41(69(55,56)35-45-49-73(63,64)39-25-14-8-15-26-39)42(70(57,58)36-46-50-74(65,66)40-27-16-9-17-28-40)30-20-32-68(53,54)34-44-48-72(61,62)38-23-12-7-13-24-38/h7,9,12-13,16-17,23-24,27-28,37,39,41-42H,1-6,8,10-11,14-15,18-22,25-26,29-36H2. The molecule has 0 amide bonds. The molecule has 0 radical (unpaired) electrons. The summed E-state index contributed by atoms with van der Waals surface area (Å²) in [6.45, 7) is 0. The Morgan fingerprint density at radius 2 is 0.689 bits per heavy atom. The van der Waals surface area contributed by atoms with Crippen molar-refractivity contribution < 1.29 is 67.3 Å². The molecular weight excluding hydrogens is 1130 g/mol. The normalized spacial score (nSPS) is 17.7. The minimum absolute atomic E-state index is 0.0645. The molecule has 418 valence electrons. The molecule has 2 aromatic carbocycles. The third kappa shape index (κ3) is 21.5. The average Bonchev–Trinajstić information content (AvgIpc) is 3.34. The maximum absolute atomic E-state index is 14.3. The second-order valence-corrected chi connectivity index (χ2v) is 33.8. The highest BCUT2D eigenvalue weighted by molar-refractivity contribution is 7.96. The second kappa shape index (κ2) is 28.7. The van der Waals surface area contributed by atoms with Crippen molar-refractivity contribution in [3.8, 4) is 0 Å². The Kier molecular flexibility index (Phi) is 24.4. The van der Waals surface area contributed by atoms with Crippen LogP contribution in [0.15, 0.2) is 109 Å². The Morgan fingerprint density at radius 1 is 0.365 bits per heavy atom. The van der Waals surface area contributed by atoms with Gasteiger partial charge in [0.15, 0.2) is 62.9 Å². The summed E-state index contributed by atoms with van der Waals surface area (Å²) in [6, 6.07) is 13.5. The minimum Gasteiger partial charge on any atom is -0.227 e. The fourth-order valence-corrected chi connectivity index (χ4v) is 19.0. The largest absolute Gasteiger partial charge is 0.299 e. The zero-order chi connectivity index (χ0) is 54.6. The Hall–Kier alpha value is -3.56. The van der Waals surface area contributed by atoms with E-state index in [1.807, 2.05) is 0 Å². The van der Waals surface area contributed by atoms with Crippen LogP contribution in [0.4, 0.5) is 0 Å². The maximum atomic E-state index is 14.3. The molecule has 24 nitrogen and oxygen atoms in total. The van der Waals surface area contributed by atoms with E-state index >= 15 is 0 Å². The van der Waals surface area contributed by atoms with E-state index in [4.69, 9.17) is 0 Å². The van der Waals surface area contributed by atoms with Gasteiger partial charge in [-0.15, -0.1) is 0 Å². The van der Waals surface area contributed by atoms with E-state index in [-0.39, 0.29) is 34.8 Å². The smallest absolute Gasteiger partial charge is 0.227 e. The SMILES string of the molecule is O=S(=O)(CCCC(C(CCCCCCCCCS(=O)(=O)CN=NS(=O)(=O)C1CCCCC1)S(=O)(=O)CN=NS(=O)(=O)C1CCCCC1)S(=O)(=O)CN=NS(=O)(=O)c1ccccc1)CN=NS(=O)(=O)c1ccccc1. The third-order valence-corrected chi connectivity index (χ3v) is 25.1. The molecule has 2 atom stereocenters. The Labute approximate surface area is 437 Å². The first-order chi connectivity index (χ1) is 34.7. The number of rotatable bonds is 33. The number of hydrogen-bond donors (Lipinski definition) is 0. The van der Waals surface area contributed by atoms with Crippen LogP contribution in [-0.4, -0.2) is 123 Å². The zero-order valence-corrected chi connectivity index (χ0v) is 47.4. The van der Waals surface area contributed by atoms with Crippen molar-refractivity contribution >= 4 is 79.4 Å². The number of unbranched alkanes of at least 4 members (excludes halogenated alkanes) is 6. The van der Waals surface area contributed by atoms with Gasteiger partial charge in [-0.2, -0.15) is 37.3 Å². The molecule has 0 aromatic heterocycles. The zero-order valence-electron chi connectivity index (χ0n) is 40.8. The molecule has 2 aromatic rings.